The highest BCUT2D eigenvalue weighted by Gasteiger charge is 2.19. The highest BCUT2D eigenvalue weighted by molar-refractivity contribution is 6.13. The maximum Gasteiger partial charge on any atom is 0.269 e. The van der Waals surface area contributed by atoms with E-state index in [1.807, 2.05) is 36.4 Å². The van der Waals surface area contributed by atoms with Crippen LogP contribution in [0.1, 0.15) is 16.9 Å². The number of aliphatic hydroxyl groups is 1. The fourth-order valence-electron chi connectivity index (χ4n) is 3.52. The van der Waals surface area contributed by atoms with Crippen LogP contribution in [0.25, 0.3) is 33.1 Å². The van der Waals surface area contributed by atoms with E-state index in [0.717, 1.165) is 27.4 Å². The number of para-hydroxylation sites is 1. The maximum absolute atomic E-state index is 12.7. The van der Waals surface area contributed by atoms with Gasteiger partial charge < -0.3 is 24.9 Å². The van der Waals surface area contributed by atoms with Crippen LogP contribution < -0.4 is 14.8 Å². The van der Waals surface area contributed by atoms with Gasteiger partial charge in [-0.05, 0) is 30.7 Å². The molecule has 0 unspecified atom stereocenters. The lowest BCUT2D eigenvalue weighted by molar-refractivity contribution is 0.0946. The number of ether oxygens (including phenoxy) is 2. The van der Waals surface area contributed by atoms with Crippen molar-refractivity contribution in [2.75, 3.05) is 27.4 Å². The van der Waals surface area contributed by atoms with Crippen molar-refractivity contribution in [3.8, 4) is 22.8 Å². The van der Waals surface area contributed by atoms with E-state index in [4.69, 9.17) is 14.6 Å². The second-order valence-electron chi connectivity index (χ2n) is 6.85. The summed E-state index contributed by atoms with van der Waals surface area (Å²) >= 11 is 0. The first-order chi connectivity index (χ1) is 14.7. The summed E-state index contributed by atoms with van der Waals surface area (Å²) in [6, 6.07) is 15.2. The SMILES string of the molecule is COc1ccc(-c2nc(C(=O)NCCCO)cc3c2[nH]c2ccccc23)c(OC)c1. The van der Waals surface area contributed by atoms with Crippen LogP contribution in [-0.2, 0) is 0 Å². The van der Waals surface area contributed by atoms with Gasteiger partial charge in [0.2, 0.25) is 0 Å². The highest BCUT2D eigenvalue weighted by atomic mass is 16.5. The van der Waals surface area contributed by atoms with Gasteiger partial charge in [0.1, 0.15) is 17.2 Å². The summed E-state index contributed by atoms with van der Waals surface area (Å²) < 4.78 is 10.9. The summed E-state index contributed by atoms with van der Waals surface area (Å²) in [7, 11) is 3.19. The van der Waals surface area contributed by atoms with Gasteiger partial charge in [0, 0.05) is 41.1 Å². The van der Waals surface area contributed by atoms with E-state index in [1.165, 1.54) is 0 Å². The monoisotopic (exact) mass is 405 g/mol. The Morgan fingerprint density at radius 2 is 1.93 bits per heavy atom. The Kier molecular flexibility index (Phi) is 5.54. The van der Waals surface area contributed by atoms with Crippen molar-refractivity contribution in [1.82, 2.24) is 15.3 Å². The minimum absolute atomic E-state index is 0.0174. The van der Waals surface area contributed by atoms with Crippen LogP contribution >= 0.6 is 0 Å². The molecule has 0 atom stereocenters. The third-order valence-corrected chi connectivity index (χ3v) is 5.01. The number of nitrogens with one attached hydrogen (secondary N) is 2. The van der Waals surface area contributed by atoms with E-state index in [2.05, 4.69) is 15.3 Å². The normalized spacial score (nSPS) is 11.0. The number of amides is 1. The van der Waals surface area contributed by atoms with Crippen LogP contribution in [0.3, 0.4) is 0 Å². The van der Waals surface area contributed by atoms with Crippen LogP contribution in [0, 0.1) is 0 Å². The van der Waals surface area contributed by atoms with Crippen LogP contribution in [0.4, 0.5) is 0 Å². The van der Waals surface area contributed by atoms with E-state index in [0.29, 0.717) is 35.9 Å². The van der Waals surface area contributed by atoms with Crippen LogP contribution in [0.2, 0.25) is 0 Å². The standard InChI is InChI=1S/C23H23N3O4/c1-29-14-8-9-16(20(12-14)30-2)21-22-17(15-6-3-4-7-18(15)25-22)13-19(26-21)23(28)24-10-5-11-27/h3-4,6-9,12-13,25,27H,5,10-11H2,1-2H3,(H,24,28). The zero-order chi connectivity index (χ0) is 21.1. The molecule has 2 heterocycles. The highest BCUT2D eigenvalue weighted by Crippen LogP contribution is 2.38. The van der Waals surface area contributed by atoms with Crippen molar-refractivity contribution in [3.63, 3.8) is 0 Å². The summed E-state index contributed by atoms with van der Waals surface area (Å²) in [5, 5.41) is 13.7. The summed E-state index contributed by atoms with van der Waals surface area (Å²) in [5.41, 5.74) is 3.46. The molecule has 1 amide bonds. The molecule has 0 radical (unpaired) electrons. The number of aliphatic hydroxyl groups excluding tert-OH is 1. The van der Waals surface area contributed by atoms with Crippen molar-refractivity contribution < 1.29 is 19.4 Å². The number of carbonyl (C=O) groups excluding carboxylic acids is 1. The fourth-order valence-corrected chi connectivity index (χ4v) is 3.52. The predicted octanol–water partition coefficient (Wildman–Crippen LogP) is 3.51. The molecule has 0 fully saturated rings. The number of hydrogen-bond acceptors (Lipinski definition) is 5. The Morgan fingerprint density at radius 1 is 1.10 bits per heavy atom. The maximum atomic E-state index is 12.7. The molecule has 3 N–H and O–H groups in total. The van der Waals surface area contributed by atoms with E-state index in [1.54, 1.807) is 26.4 Å². The smallest absolute Gasteiger partial charge is 0.269 e. The molecule has 0 aliphatic carbocycles. The average molecular weight is 405 g/mol. The third kappa shape index (κ3) is 3.55. The molecule has 0 aliphatic heterocycles. The number of benzene rings is 2. The molecular formula is C23H23N3O4. The first kappa shape index (κ1) is 19.7. The lowest BCUT2D eigenvalue weighted by Crippen LogP contribution is -2.26. The largest absolute Gasteiger partial charge is 0.497 e. The molecule has 4 aromatic rings. The minimum Gasteiger partial charge on any atom is -0.497 e. The molecule has 154 valence electrons. The van der Waals surface area contributed by atoms with Gasteiger partial charge in [0.15, 0.2) is 0 Å². The Balaban J connectivity index is 1.94. The Morgan fingerprint density at radius 3 is 2.70 bits per heavy atom. The first-order valence-electron chi connectivity index (χ1n) is 9.69. The molecule has 0 saturated carbocycles. The van der Waals surface area contributed by atoms with Gasteiger partial charge in [0.05, 0.1) is 25.4 Å². The van der Waals surface area contributed by atoms with Crippen molar-refractivity contribution in [2.45, 2.75) is 6.42 Å². The number of rotatable bonds is 7. The number of pyridine rings is 1. The zero-order valence-electron chi connectivity index (χ0n) is 16.9. The number of carbonyl (C=O) groups is 1. The minimum atomic E-state index is -0.288. The Bertz CT molecular complexity index is 1220. The molecule has 0 aliphatic rings. The number of hydrogen-bond donors (Lipinski definition) is 3. The predicted molar refractivity (Wildman–Crippen MR) is 116 cm³/mol. The van der Waals surface area contributed by atoms with Crippen molar-refractivity contribution in [2.24, 2.45) is 0 Å². The molecule has 2 aromatic carbocycles. The third-order valence-electron chi connectivity index (χ3n) is 5.01. The molecule has 0 spiro atoms. The van der Waals surface area contributed by atoms with Gasteiger partial charge in [-0.25, -0.2) is 4.98 Å². The molecule has 30 heavy (non-hydrogen) atoms. The quantitative estimate of drug-likeness (QED) is 0.409. The Hall–Kier alpha value is -3.58. The summed E-state index contributed by atoms with van der Waals surface area (Å²) in [6.45, 7) is 0.396. The zero-order valence-corrected chi connectivity index (χ0v) is 16.9. The summed E-state index contributed by atoms with van der Waals surface area (Å²) in [6.07, 6.45) is 0.486. The molecule has 4 rings (SSSR count). The number of methoxy groups -OCH3 is 2. The number of fused-ring (bicyclic) bond motifs is 3. The van der Waals surface area contributed by atoms with Crippen LogP contribution in [0.15, 0.2) is 48.5 Å². The Labute approximate surface area is 173 Å². The topological polar surface area (TPSA) is 96.5 Å². The van der Waals surface area contributed by atoms with Gasteiger partial charge in [-0.1, -0.05) is 18.2 Å². The molecule has 0 bridgehead atoms. The lowest BCUT2D eigenvalue weighted by Gasteiger charge is -2.12. The van der Waals surface area contributed by atoms with Gasteiger partial charge in [-0.3, -0.25) is 4.79 Å². The summed E-state index contributed by atoms with van der Waals surface area (Å²) in [4.78, 5) is 20.9. The molecule has 7 nitrogen and oxygen atoms in total. The van der Waals surface area contributed by atoms with E-state index < -0.39 is 0 Å². The van der Waals surface area contributed by atoms with E-state index >= 15 is 0 Å². The fraction of sp³-hybridized carbons (Fsp3) is 0.217. The van der Waals surface area contributed by atoms with Gasteiger partial charge in [0.25, 0.3) is 5.91 Å². The number of aromatic amines is 1. The molecular weight excluding hydrogens is 382 g/mol. The van der Waals surface area contributed by atoms with Crippen LogP contribution in [-0.4, -0.2) is 48.4 Å². The van der Waals surface area contributed by atoms with Gasteiger partial charge in [-0.15, -0.1) is 0 Å². The van der Waals surface area contributed by atoms with E-state index in [-0.39, 0.29) is 12.5 Å². The average Bonchev–Trinajstić information content (AvgIpc) is 3.17. The van der Waals surface area contributed by atoms with Crippen molar-refractivity contribution in [1.29, 1.82) is 0 Å². The number of aromatic nitrogens is 2. The lowest BCUT2D eigenvalue weighted by atomic mass is 10.0. The number of nitrogens with zero attached hydrogens (tertiary/aromatic N) is 1. The second-order valence-corrected chi connectivity index (χ2v) is 6.85. The number of H-pyrrole nitrogens is 1. The first-order valence-corrected chi connectivity index (χ1v) is 9.69. The van der Waals surface area contributed by atoms with Crippen molar-refractivity contribution >= 4 is 27.7 Å². The summed E-state index contributed by atoms with van der Waals surface area (Å²) in [5.74, 6) is 0.977. The second kappa shape index (κ2) is 8.42. The van der Waals surface area contributed by atoms with E-state index in [9.17, 15) is 4.79 Å². The van der Waals surface area contributed by atoms with Crippen LogP contribution in [0.5, 0.6) is 11.5 Å². The molecule has 2 aromatic heterocycles. The molecule has 0 saturated heterocycles. The molecule has 7 heteroatoms. The van der Waals surface area contributed by atoms with Crippen molar-refractivity contribution in [3.05, 3.63) is 54.2 Å². The van der Waals surface area contributed by atoms with Gasteiger partial charge >= 0.3 is 0 Å². The van der Waals surface area contributed by atoms with Gasteiger partial charge in [-0.2, -0.15) is 0 Å².